The topological polar surface area (TPSA) is 88.0 Å². The molecule has 0 aliphatic rings. The molecule has 0 unspecified atom stereocenters. The van der Waals surface area contributed by atoms with E-state index in [1.807, 2.05) is 6.92 Å². The molecule has 16 heavy (non-hydrogen) atoms. The van der Waals surface area contributed by atoms with E-state index in [1.54, 1.807) is 17.8 Å². The fourth-order valence-corrected chi connectivity index (χ4v) is 1.37. The zero-order valence-electron chi connectivity index (χ0n) is 9.10. The van der Waals surface area contributed by atoms with Crippen LogP contribution in [0.3, 0.4) is 0 Å². The van der Waals surface area contributed by atoms with Crippen molar-refractivity contribution in [1.82, 2.24) is 15.2 Å². The Hall–Kier alpha value is -2.05. The molecule has 2 aromatic heterocycles. The normalized spacial score (nSPS) is 10.6. The van der Waals surface area contributed by atoms with E-state index in [1.165, 1.54) is 0 Å². The van der Waals surface area contributed by atoms with E-state index in [4.69, 9.17) is 4.52 Å². The summed E-state index contributed by atoms with van der Waals surface area (Å²) in [5.41, 5.74) is 1.10. The molecule has 0 fully saturated rings. The number of aromatic amines is 1. The quantitative estimate of drug-likeness (QED) is 0.617. The lowest BCUT2D eigenvalue weighted by Gasteiger charge is -1.84. The lowest BCUT2D eigenvalue weighted by Crippen LogP contribution is -2.35. The van der Waals surface area contributed by atoms with Crippen molar-refractivity contribution >= 4 is 5.69 Å². The molecule has 0 atom stereocenters. The summed E-state index contributed by atoms with van der Waals surface area (Å²) in [6.45, 7) is 4.14. The summed E-state index contributed by atoms with van der Waals surface area (Å²) >= 11 is 0. The Balaban J connectivity index is 2.16. The Morgan fingerprint density at radius 2 is 2.44 bits per heavy atom. The minimum atomic E-state index is 0.384. The molecule has 0 bridgehead atoms. The summed E-state index contributed by atoms with van der Waals surface area (Å²) in [4.78, 5) is 14.6. The van der Waals surface area contributed by atoms with Gasteiger partial charge in [-0.2, -0.15) is 10.1 Å². The Labute approximate surface area is 91.4 Å². The largest absolute Gasteiger partial charge is 0.332 e. The van der Waals surface area contributed by atoms with Gasteiger partial charge in [-0.05, 0) is 12.1 Å². The van der Waals surface area contributed by atoms with Crippen LogP contribution >= 0.6 is 0 Å². The molecular formula is C9H12N5O2+. The summed E-state index contributed by atoms with van der Waals surface area (Å²) in [5.74, 6) is 1.17. The zero-order valence-corrected chi connectivity index (χ0v) is 9.10. The Bertz CT molecular complexity index is 502. The summed E-state index contributed by atoms with van der Waals surface area (Å²) in [6.07, 6.45) is 2.34. The Morgan fingerprint density at radius 3 is 3.00 bits per heavy atom. The summed E-state index contributed by atoms with van der Waals surface area (Å²) in [7, 11) is 0. The molecule has 0 saturated heterocycles. The summed E-state index contributed by atoms with van der Waals surface area (Å²) in [6, 6.07) is 0. The van der Waals surface area contributed by atoms with Crippen molar-refractivity contribution < 1.29 is 9.20 Å². The minimum Gasteiger partial charge on any atom is -0.332 e. The van der Waals surface area contributed by atoms with Crippen LogP contribution in [-0.4, -0.2) is 15.2 Å². The number of H-pyrrole nitrogens is 1. The number of nitrogens with zero attached hydrogens (tertiary/aromatic N) is 4. The molecule has 0 aliphatic carbocycles. The highest BCUT2D eigenvalue weighted by molar-refractivity contribution is 5.35. The van der Waals surface area contributed by atoms with Crippen molar-refractivity contribution in [2.75, 3.05) is 0 Å². The number of aromatic nitrogens is 4. The van der Waals surface area contributed by atoms with E-state index < -0.39 is 0 Å². The van der Waals surface area contributed by atoms with Crippen LogP contribution < -0.4 is 4.68 Å². The first kappa shape index (κ1) is 10.5. The van der Waals surface area contributed by atoms with Crippen molar-refractivity contribution in [2.45, 2.75) is 26.8 Å². The van der Waals surface area contributed by atoms with Gasteiger partial charge < -0.3 is 4.52 Å². The van der Waals surface area contributed by atoms with Gasteiger partial charge in [-0.25, -0.2) is 0 Å². The highest BCUT2D eigenvalue weighted by atomic mass is 16.5. The lowest BCUT2D eigenvalue weighted by molar-refractivity contribution is -0.744. The molecule has 7 heteroatoms. The van der Waals surface area contributed by atoms with Crippen molar-refractivity contribution in [3.63, 3.8) is 0 Å². The molecule has 2 heterocycles. The van der Waals surface area contributed by atoms with E-state index >= 15 is 0 Å². The van der Waals surface area contributed by atoms with Gasteiger partial charge in [-0.3, -0.25) is 0 Å². The van der Waals surface area contributed by atoms with Gasteiger partial charge in [0.15, 0.2) is 11.5 Å². The first-order chi connectivity index (χ1) is 7.72. The average Bonchev–Trinajstić information content (AvgIpc) is 2.85. The smallest absolute Gasteiger partial charge is 0.295 e. The minimum absolute atomic E-state index is 0.384. The van der Waals surface area contributed by atoms with Crippen molar-refractivity contribution in [2.24, 2.45) is 5.18 Å². The zero-order chi connectivity index (χ0) is 11.5. The van der Waals surface area contributed by atoms with Crippen LogP contribution in [0.4, 0.5) is 5.69 Å². The molecule has 0 radical (unpaired) electrons. The van der Waals surface area contributed by atoms with E-state index in [0.717, 1.165) is 6.42 Å². The molecular weight excluding hydrogens is 210 g/mol. The van der Waals surface area contributed by atoms with Crippen LogP contribution in [0, 0.1) is 11.8 Å². The SMILES string of the molecule is CCc1noc(C[n+]2cc(N=O)c(C)[nH]2)n1. The number of aryl methyl sites for hydroxylation is 2. The lowest BCUT2D eigenvalue weighted by atomic mass is 10.4. The molecule has 0 aliphatic heterocycles. The van der Waals surface area contributed by atoms with Gasteiger partial charge in [0.1, 0.15) is 5.69 Å². The molecule has 2 aromatic rings. The molecule has 1 N–H and O–H groups in total. The fraction of sp³-hybridized carbons (Fsp3) is 0.444. The van der Waals surface area contributed by atoms with Gasteiger partial charge in [0.2, 0.25) is 12.7 Å². The van der Waals surface area contributed by atoms with Gasteiger partial charge in [0, 0.05) is 6.42 Å². The van der Waals surface area contributed by atoms with Gasteiger partial charge in [0.05, 0.1) is 0 Å². The van der Waals surface area contributed by atoms with Crippen LogP contribution in [0.15, 0.2) is 15.9 Å². The first-order valence-electron chi connectivity index (χ1n) is 4.96. The second kappa shape index (κ2) is 4.21. The Morgan fingerprint density at radius 1 is 1.62 bits per heavy atom. The summed E-state index contributed by atoms with van der Waals surface area (Å²) < 4.78 is 6.71. The van der Waals surface area contributed by atoms with Crippen molar-refractivity contribution in [1.29, 1.82) is 0 Å². The van der Waals surface area contributed by atoms with Crippen LogP contribution in [0.5, 0.6) is 0 Å². The number of nitroso groups, excluding NO2 is 1. The third-order valence-electron chi connectivity index (χ3n) is 2.20. The van der Waals surface area contributed by atoms with E-state index in [0.29, 0.717) is 29.6 Å². The van der Waals surface area contributed by atoms with Gasteiger partial charge >= 0.3 is 0 Å². The van der Waals surface area contributed by atoms with Crippen molar-refractivity contribution in [3.05, 3.63) is 28.5 Å². The van der Waals surface area contributed by atoms with Crippen molar-refractivity contribution in [3.8, 4) is 0 Å². The fourth-order valence-electron chi connectivity index (χ4n) is 1.37. The number of hydrogen-bond acceptors (Lipinski definition) is 5. The summed E-state index contributed by atoms with van der Waals surface area (Å²) in [5, 5.41) is 9.63. The second-order valence-electron chi connectivity index (χ2n) is 3.43. The molecule has 7 nitrogen and oxygen atoms in total. The van der Waals surface area contributed by atoms with Crippen LogP contribution in [-0.2, 0) is 13.0 Å². The third-order valence-corrected chi connectivity index (χ3v) is 2.20. The molecule has 2 rings (SSSR count). The van der Waals surface area contributed by atoms with Crippen LogP contribution in [0.25, 0.3) is 0 Å². The highest BCUT2D eigenvalue weighted by Gasteiger charge is 2.16. The number of nitrogens with one attached hydrogen (secondary N) is 1. The maximum absolute atomic E-state index is 10.4. The average molecular weight is 222 g/mol. The molecule has 84 valence electrons. The highest BCUT2D eigenvalue weighted by Crippen LogP contribution is 2.12. The monoisotopic (exact) mass is 222 g/mol. The molecule has 0 saturated carbocycles. The van der Waals surface area contributed by atoms with Gasteiger partial charge in [-0.15, -0.1) is 9.59 Å². The molecule has 0 amide bonds. The van der Waals surface area contributed by atoms with E-state index in [-0.39, 0.29) is 0 Å². The standard InChI is InChI=1S/C9H11N5O2/c1-3-8-10-9(16-13-8)5-14-4-7(12-15)6(2)11-14/h4H,3,5H2,1-2H3/p+1. The van der Waals surface area contributed by atoms with E-state index in [2.05, 4.69) is 20.4 Å². The molecule has 0 spiro atoms. The van der Waals surface area contributed by atoms with E-state index in [9.17, 15) is 4.91 Å². The number of hydrogen-bond donors (Lipinski definition) is 1. The van der Waals surface area contributed by atoms with Gasteiger partial charge in [0.25, 0.3) is 5.89 Å². The Kier molecular flexibility index (Phi) is 2.76. The predicted molar refractivity (Wildman–Crippen MR) is 54.0 cm³/mol. The second-order valence-corrected chi connectivity index (χ2v) is 3.43. The maximum atomic E-state index is 10.4. The van der Waals surface area contributed by atoms with Crippen LogP contribution in [0.2, 0.25) is 0 Å². The predicted octanol–water partition coefficient (Wildman–Crippen LogP) is 1.00. The maximum Gasteiger partial charge on any atom is 0.295 e. The molecule has 0 aromatic carbocycles. The first-order valence-corrected chi connectivity index (χ1v) is 4.96. The number of rotatable bonds is 4. The van der Waals surface area contributed by atoms with Gasteiger partial charge in [-0.1, -0.05) is 12.1 Å². The third kappa shape index (κ3) is 1.97. The van der Waals surface area contributed by atoms with Crippen LogP contribution in [0.1, 0.15) is 24.3 Å².